The predicted molar refractivity (Wildman–Crippen MR) is 93.9 cm³/mol. The molecule has 2 aliphatic rings. The van der Waals surface area contributed by atoms with E-state index in [1.54, 1.807) is 6.07 Å². The second kappa shape index (κ2) is 5.32. The summed E-state index contributed by atoms with van der Waals surface area (Å²) in [6.45, 7) is 3.27. The van der Waals surface area contributed by atoms with Crippen molar-refractivity contribution in [2.24, 2.45) is 9.98 Å². The third kappa shape index (κ3) is 2.35. The Hall–Kier alpha value is -2.46. The van der Waals surface area contributed by atoms with Crippen LogP contribution in [0, 0.1) is 0 Å². The summed E-state index contributed by atoms with van der Waals surface area (Å²) in [5.41, 5.74) is 6.64. The summed E-state index contributed by atoms with van der Waals surface area (Å²) in [6.07, 6.45) is 0. The average molecular weight is 324 g/mol. The van der Waals surface area contributed by atoms with Crippen LogP contribution in [0.15, 0.2) is 56.8 Å². The van der Waals surface area contributed by atoms with Gasteiger partial charge in [-0.05, 0) is 30.7 Å². The van der Waals surface area contributed by atoms with E-state index in [1.165, 1.54) is 5.57 Å². The molecule has 1 aromatic carbocycles. The number of benzene rings is 1. The molecule has 0 atom stereocenters. The van der Waals surface area contributed by atoms with E-state index in [2.05, 4.69) is 9.98 Å². The number of hydrogen-bond donors (Lipinski definition) is 1. The van der Waals surface area contributed by atoms with E-state index < -0.39 is 0 Å². The van der Waals surface area contributed by atoms with Crippen molar-refractivity contribution in [2.75, 3.05) is 13.1 Å². The maximum atomic E-state index is 11.9. The summed E-state index contributed by atoms with van der Waals surface area (Å²) in [7, 11) is 0. The Kier molecular flexibility index (Phi) is 3.27. The second-order valence-electron chi connectivity index (χ2n) is 5.66. The summed E-state index contributed by atoms with van der Waals surface area (Å²) < 4.78 is 0. The number of nitrogens with zero attached hydrogens (tertiary/aromatic N) is 2. The van der Waals surface area contributed by atoms with Crippen molar-refractivity contribution in [3.63, 3.8) is 0 Å². The topological polar surface area (TPSA) is 57.6 Å². The molecule has 1 aromatic heterocycles. The van der Waals surface area contributed by atoms with Crippen molar-refractivity contribution in [3.8, 4) is 0 Å². The summed E-state index contributed by atoms with van der Waals surface area (Å²) in [4.78, 5) is 24.1. The van der Waals surface area contributed by atoms with E-state index in [0.717, 1.165) is 33.8 Å². The van der Waals surface area contributed by atoms with Gasteiger partial charge in [-0.25, -0.2) is 0 Å². The number of halogens is 1. The summed E-state index contributed by atoms with van der Waals surface area (Å²) in [5.74, 6) is 0. The van der Waals surface area contributed by atoms with Crippen LogP contribution in [0.2, 0.25) is 5.02 Å². The fraction of sp³-hybridized carbons (Fsp3) is 0.167. The van der Waals surface area contributed by atoms with Crippen LogP contribution in [0.5, 0.6) is 0 Å². The smallest absolute Gasteiger partial charge is 0.248 e. The summed E-state index contributed by atoms with van der Waals surface area (Å²) in [6, 6.07) is 10.9. The van der Waals surface area contributed by atoms with E-state index in [0.29, 0.717) is 18.1 Å². The number of rotatable bonds is 1. The third-order valence-corrected chi connectivity index (χ3v) is 4.45. The largest absolute Gasteiger partial charge is 0.320 e. The van der Waals surface area contributed by atoms with Gasteiger partial charge in [-0.15, -0.1) is 0 Å². The van der Waals surface area contributed by atoms with E-state index in [9.17, 15) is 4.79 Å². The van der Waals surface area contributed by atoms with Gasteiger partial charge in [-0.1, -0.05) is 23.7 Å². The first kappa shape index (κ1) is 14.2. The number of hydrogen-bond acceptors (Lipinski definition) is 3. The number of fused-ring (bicyclic) bond motifs is 2. The first-order valence-electron chi connectivity index (χ1n) is 7.41. The highest BCUT2D eigenvalue weighted by Gasteiger charge is 2.25. The van der Waals surface area contributed by atoms with Crippen LogP contribution >= 0.6 is 11.6 Å². The number of nitrogens with one attached hydrogen (secondary N) is 1. The van der Waals surface area contributed by atoms with Crippen LogP contribution in [0.3, 0.4) is 0 Å². The van der Waals surface area contributed by atoms with Gasteiger partial charge in [0.25, 0.3) is 0 Å². The molecule has 0 saturated carbocycles. The molecule has 4 rings (SSSR count). The molecule has 0 bridgehead atoms. The van der Waals surface area contributed by atoms with E-state index in [-0.39, 0.29) is 5.56 Å². The zero-order valence-electron chi connectivity index (χ0n) is 12.6. The Bertz CT molecular complexity index is 949. The van der Waals surface area contributed by atoms with Gasteiger partial charge in [0, 0.05) is 33.5 Å². The summed E-state index contributed by atoms with van der Waals surface area (Å²) >= 11 is 5.98. The molecule has 0 amide bonds. The van der Waals surface area contributed by atoms with Crippen LogP contribution in [0.4, 0.5) is 0 Å². The molecular formula is C18H14ClN3O. The highest BCUT2D eigenvalue weighted by atomic mass is 35.5. The lowest BCUT2D eigenvalue weighted by Crippen LogP contribution is -2.16. The van der Waals surface area contributed by atoms with Crippen molar-refractivity contribution in [2.45, 2.75) is 6.92 Å². The molecule has 0 unspecified atom stereocenters. The molecule has 0 saturated heterocycles. The first-order chi connectivity index (χ1) is 11.1. The Morgan fingerprint density at radius 3 is 2.57 bits per heavy atom. The van der Waals surface area contributed by atoms with Crippen LogP contribution < -0.4 is 5.56 Å². The van der Waals surface area contributed by atoms with Crippen molar-refractivity contribution in [3.05, 3.63) is 74.2 Å². The number of H-pyrrole nitrogens is 1. The van der Waals surface area contributed by atoms with Crippen molar-refractivity contribution in [1.29, 1.82) is 0 Å². The van der Waals surface area contributed by atoms with Crippen LogP contribution in [-0.4, -0.2) is 29.5 Å². The first-order valence-corrected chi connectivity index (χ1v) is 7.79. The van der Waals surface area contributed by atoms with Gasteiger partial charge in [0.05, 0.1) is 24.5 Å². The predicted octanol–water partition coefficient (Wildman–Crippen LogP) is 3.11. The SMILES string of the molecule is CC1=NCC2=C1c1ccc(=O)[nH]c1C(c1ccc(Cl)cc1)=NC2. The molecule has 0 radical (unpaired) electrons. The molecular weight excluding hydrogens is 310 g/mol. The fourth-order valence-corrected chi connectivity index (χ4v) is 3.23. The minimum absolute atomic E-state index is 0.137. The molecule has 0 spiro atoms. The molecule has 0 aliphatic carbocycles. The van der Waals surface area contributed by atoms with Gasteiger partial charge >= 0.3 is 0 Å². The Labute approximate surface area is 138 Å². The van der Waals surface area contributed by atoms with Crippen molar-refractivity contribution in [1.82, 2.24) is 4.98 Å². The van der Waals surface area contributed by atoms with Gasteiger partial charge in [-0.2, -0.15) is 0 Å². The van der Waals surface area contributed by atoms with Gasteiger partial charge in [0.2, 0.25) is 5.56 Å². The average Bonchev–Trinajstić information content (AvgIpc) is 2.82. The highest BCUT2D eigenvalue weighted by Crippen LogP contribution is 2.31. The Balaban J connectivity index is 1.96. The lowest BCUT2D eigenvalue weighted by atomic mass is 9.94. The number of allylic oxidation sites excluding steroid dienone is 1. The zero-order valence-corrected chi connectivity index (χ0v) is 13.3. The summed E-state index contributed by atoms with van der Waals surface area (Å²) in [5, 5.41) is 0.674. The minimum Gasteiger partial charge on any atom is -0.320 e. The Morgan fingerprint density at radius 1 is 1.04 bits per heavy atom. The van der Waals surface area contributed by atoms with Crippen LogP contribution in [-0.2, 0) is 0 Å². The van der Waals surface area contributed by atoms with Crippen molar-refractivity contribution < 1.29 is 0 Å². The fourth-order valence-electron chi connectivity index (χ4n) is 3.11. The van der Waals surface area contributed by atoms with E-state index in [4.69, 9.17) is 16.6 Å². The molecule has 2 aliphatic heterocycles. The molecule has 0 fully saturated rings. The number of aliphatic imine (C=N–C) groups is 2. The molecule has 5 heteroatoms. The van der Waals surface area contributed by atoms with Crippen LogP contribution in [0.1, 0.15) is 23.7 Å². The van der Waals surface area contributed by atoms with Gasteiger partial charge < -0.3 is 4.98 Å². The number of pyridine rings is 1. The molecule has 114 valence electrons. The van der Waals surface area contributed by atoms with Gasteiger partial charge in [-0.3, -0.25) is 14.8 Å². The maximum Gasteiger partial charge on any atom is 0.248 e. The molecule has 3 heterocycles. The Morgan fingerprint density at radius 2 is 1.78 bits per heavy atom. The molecule has 2 aromatic rings. The quantitative estimate of drug-likeness (QED) is 0.861. The number of aromatic amines is 1. The lowest BCUT2D eigenvalue weighted by molar-refractivity contribution is 1.07. The second-order valence-corrected chi connectivity index (χ2v) is 6.10. The third-order valence-electron chi connectivity index (χ3n) is 4.19. The van der Waals surface area contributed by atoms with E-state index in [1.807, 2.05) is 37.3 Å². The van der Waals surface area contributed by atoms with Gasteiger partial charge in [0.1, 0.15) is 0 Å². The normalized spacial score (nSPS) is 16.4. The monoisotopic (exact) mass is 323 g/mol. The van der Waals surface area contributed by atoms with Gasteiger partial charge in [0.15, 0.2) is 0 Å². The number of aromatic nitrogens is 1. The van der Waals surface area contributed by atoms with E-state index >= 15 is 0 Å². The molecule has 23 heavy (non-hydrogen) atoms. The molecule has 4 nitrogen and oxygen atoms in total. The van der Waals surface area contributed by atoms with Crippen molar-refractivity contribution >= 4 is 28.6 Å². The minimum atomic E-state index is -0.137. The maximum absolute atomic E-state index is 11.9. The molecule has 1 N–H and O–H groups in total. The zero-order chi connectivity index (χ0) is 16.0. The van der Waals surface area contributed by atoms with Crippen LogP contribution in [0.25, 0.3) is 5.57 Å². The lowest BCUT2D eigenvalue weighted by Gasteiger charge is -2.12. The standard InChI is InChI=1S/C18H14ClN3O/c1-10-16-12(8-20-10)9-21-17(11-2-4-13(19)5-3-11)18-14(16)6-7-15(23)22-18/h2-7H,8-9H2,1H3,(H,22,23). The highest BCUT2D eigenvalue weighted by molar-refractivity contribution is 6.31.